The fraction of sp³-hybridized carbons (Fsp3) is 0.500. The molecule has 1 rings (SSSR count). The van der Waals surface area contributed by atoms with Crippen molar-refractivity contribution in [3.63, 3.8) is 0 Å². The molecule has 0 fully saturated rings. The van der Waals surface area contributed by atoms with Crippen LogP contribution in [0.2, 0.25) is 0 Å². The molecule has 0 saturated carbocycles. The molecule has 0 unspecified atom stereocenters. The molecule has 1 heterocycles. The third kappa shape index (κ3) is 1.69. The van der Waals surface area contributed by atoms with Crippen LogP contribution in [0.15, 0.2) is 8.80 Å². The summed E-state index contributed by atoms with van der Waals surface area (Å²) in [6.07, 6.45) is 0. The number of nitrogens with zero attached hydrogens (tertiary/aromatic N) is 3. The number of rotatable bonds is 0. The highest BCUT2D eigenvalue weighted by Crippen LogP contribution is 2.09. The highest BCUT2D eigenvalue weighted by atomic mass is 35.5. The predicted molar refractivity (Wildman–Crippen MR) is 43.1 cm³/mol. The summed E-state index contributed by atoms with van der Waals surface area (Å²) in [5.41, 5.74) is 0. The molecule has 0 atom stereocenters. The second kappa shape index (κ2) is 2.46. The summed E-state index contributed by atoms with van der Waals surface area (Å²) in [5, 5.41) is -0.0856. The molecule has 62 valence electrons. The molecule has 1 aliphatic rings. The van der Waals surface area contributed by atoms with Gasteiger partial charge in [-0.15, -0.1) is 8.80 Å². The van der Waals surface area contributed by atoms with Gasteiger partial charge in [-0.25, -0.2) is 0 Å². The minimum atomic E-state index is -3.71. The van der Waals surface area contributed by atoms with E-state index in [9.17, 15) is 8.42 Å². The number of hydrogen-bond acceptors (Lipinski definition) is 3. The van der Waals surface area contributed by atoms with Crippen molar-refractivity contribution in [1.82, 2.24) is 4.90 Å². The molecule has 0 amide bonds. The van der Waals surface area contributed by atoms with E-state index in [1.807, 2.05) is 0 Å². The van der Waals surface area contributed by atoms with Crippen LogP contribution in [0, 0.1) is 0 Å². The van der Waals surface area contributed by atoms with Gasteiger partial charge in [-0.2, -0.15) is 8.42 Å². The Morgan fingerprint density at radius 2 is 2.00 bits per heavy atom. The van der Waals surface area contributed by atoms with Crippen molar-refractivity contribution in [1.29, 1.82) is 0 Å². The fourth-order valence-corrected chi connectivity index (χ4v) is 1.73. The summed E-state index contributed by atoms with van der Waals surface area (Å²) < 4.78 is 27.9. The number of halogens is 1. The Labute approximate surface area is 69.6 Å². The minimum absolute atomic E-state index is 0.0856. The predicted octanol–water partition coefficient (Wildman–Crippen LogP) is 0.190. The lowest BCUT2D eigenvalue weighted by atomic mass is 10.6. The molecule has 1 aliphatic heterocycles. The van der Waals surface area contributed by atoms with Gasteiger partial charge in [0, 0.05) is 7.05 Å². The molecule has 0 aromatic carbocycles. The lowest BCUT2D eigenvalue weighted by molar-refractivity contribution is 0.595. The van der Waals surface area contributed by atoms with Crippen LogP contribution in [-0.2, 0) is 10.2 Å². The van der Waals surface area contributed by atoms with Crippen molar-refractivity contribution in [2.45, 2.75) is 6.92 Å². The van der Waals surface area contributed by atoms with Gasteiger partial charge in [-0.05, 0) is 18.5 Å². The number of amidine groups is 2. The van der Waals surface area contributed by atoms with Crippen molar-refractivity contribution >= 4 is 32.9 Å². The van der Waals surface area contributed by atoms with E-state index < -0.39 is 10.2 Å². The fourth-order valence-electron chi connectivity index (χ4n) is 0.539. The normalized spacial score (nSPS) is 22.6. The summed E-state index contributed by atoms with van der Waals surface area (Å²) in [5.74, 6) is 0.310. The molecular weight excluding hydrogens is 190 g/mol. The van der Waals surface area contributed by atoms with Crippen LogP contribution in [0.1, 0.15) is 6.92 Å². The van der Waals surface area contributed by atoms with E-state index in [1.165, 1.54) is 11.8 Å². The maximum atomic E-state index is 10.7. The van der Waals surface area contributed by atoms with Crippen molar-refractivity contribution in [2.24, 2.45) is 8.80 Å². The van der Waals surface area contributed by atoms with Crippen LogP contribution in [0.3, 0.4) is 0 Å². The Morgan fingerprint density at radius 3 is 2.45 bits per heavy atom. The minimum Gasteiger partial charge on any atom is -0.307 e. The van der Waals surface area contributed by atoms with Crippen LogP contribution < -0.4 is 0 Å². The summed E-state index contributed by atoms with van der Waals surface area (Å²) in [7, 11) is -2.13. The largest absolute Gasteiger partial charge is 0.367 e. The van der Waals surface area contributed by atoms with E-state index in [2.05, 4.69) is 8.80 Å². The smallest absolute Gasteiger partial charge is 0.307 e. The Hall–Kier alpha value is -0.620. The molecule has 0 N–H and O–H groups in total. The molecule has 0 bridgehead atoms. The second-order valence-corrected chi connectivity index (χ2v) is 3.60. The van der Waals surface area contributed by atoms with Crippen molar-refractivity contribution < 1.29 is 8.42 Å². The Kier molecular flexibility index (Phi) is 1.89. The molecular formula is C4H6ClN3O2S. The van der Waals surface area contributed by atoms with Crippen LogP contribution in [0.4, 0.5) is 0 Å². The van der Waals surface area contributed by atoms with Crippen molar-refractivity contribution in [3.05, 3.63) is 0 Å². The van der Waals surface area contributed by atoms with Crippen LogP contribution in [0.5, 0.6) is 0 Å². The van der Waals surface area contributed by atoms with E-state index in [0.717, 1.165) is 0 Å². The molecule has 0 aromatic rings. The first-order valence-corrected chi connectivity index (χ1v) is 4.50. The van der Waals surface area contributed by atoms with E-state index in [0.29, 0.717) is 5.84 Å². The molecule has 11 heavy (non-hydrogen) atoms. The SMILES string of the molecule is CC1=NS(=O)(=O)N=C(Cl)N1C. The summed E-state index contributed by atoms with van der Waals surface area (Å²) >= 11 is 5.46. The van der Waals surface area contributed by atoms with Gasteiger partial charge in [0.15, 0.2) is 0 Å². The van der Waals surface area contributed by atoms with Gasteiger partial charge in [-0.1, -0.05) is 0 Å². The second-order valence-electron chi connectivity index (χ2n) is 2.01. The van der Waals surface area contributed by atoms with Crippen molar-refractivity contribution in [3.8, 4) is 0 Å². The Balaban J connectivity index is 3.19. The molecule has 5 nitrogen and oxygen atoms in total. The molecule has 0 spiro atoms. The maximum Gasteiger partial charge on any atom is 0.367 e. The van der Waals surface area contributed by atoms with Gasteiger partial charge in [0.05, 0.1) is 0 Å². The highest BCUT2D eigenvalue weighted by Gasteiger charge is 2.19. The van der Waals surface area contributed by atoms with E-state index in [1.54, 1.807) is 7.05 Å². The first-order valence-electron chi connectivity index (χ1n) is 2.73. The standard InChI is InChI=1S/C4H6ClN3O2S/c1-3-6-11(9,10)7-4(5)8(3)2/h1-2H3. The van der Waals surface area contributed by atoms with E-state index in [-0.39, 0.29) is 5.29 Å². The van der Waals surface area contributed by atoms with Crippen molar-refractivity contribution in [2.75, 3.05) is 7.05 Å². The molecule has 7 heteroatoms. The quantitative estimate of drug-likeness (QED) is 0.519. The topological polar surface area (TPSA) is 62.1 Å². The zero-order valence-corrected chi connectivity index (χ0v) is 7.52. The lowest BCUT2D eigenvalue weighted by Gasteiger charge is -2.17. The van der Waals surface area contributed by atoms with E-state index in [4.69, 9.17) is 11.6 Å². The van der Waals surface area contributed by atoms with Crippen LogP contribution >= 0.6 is 11.6 Å². The number of hydrogen-bond donors (Lipinski definition) is 0. The van der Waals surface area contributed by atoms with Gasteiger partial charge in [0.1, 0.15) is 5.84 Å². The maximum absolute atomic E-state index is 10.7. The van der Waals surface area contributed by atoms with Gasteiger partial charge < -0.3 is 4.90 Å². The molecule has 0 aliphatic carbocycles. The monoisotopic (exact) mass is 195 g/mol. The van der Waals surface area contributed by atoms with E-state index >= 15 is 0 Å². The lowest BCUT2D eigenvalue weighted by Crippen LogP contribution is -2.32. The molecule has 0 aromatic heterocycles. The Bertz CT molecular complexity index is 305. The summed E-state index contributed by atoms with van der Waals surface area (Å²) in [6.45, 7) is 1.54. The molecule has 0 radical (unpaired) electrons. The zero-order chi connectivity index (χ0) is 8.65. The third-order valence-electron chi connectivity index (χ3n) is 1.20. The van der Waals surface area contributed by atoms with Crippen LogP contribution in [0.25, 0.3) is 0 Å². The van der Waals surface area contributed by atoms with Gasteiger partial charge in [0.2, 0.25) is 5.29 Å². The average molecular weight is 196 g/mol. The first kappa shape index (κ1) is 8.48. The van der Waals surface area contributed by atoms with Gasteiger partial charge in [-0.3, -0.25) is 0 Å². The van der Waals surface area contributed by atoms with Gasteiger partial charge in [0.25, 0.3) is 0 Å². The summed E-state index contributed by atoms with van der Waals surface area (Å²) in [6, 6.07) is 0. The Morgan fingerprint density at radius 1 is 1.45 bits per heavy atom. The highest BCUT2D eigenvalue weighted by molar-refractivity contribution is 7.89. The summed E-state index contributed by atoms with van der Waals surface area (Å²) in [4.78, 5) is 1.38. The zero-order valence-electron chi connectivity index (χ0n) is 5.94. The van der Waals surface area contributed by atoms with Crippen LogP contribution in [-0.4, -0.2) is 31.5 Å². The first-order chi connectivity index (χ1) is 4.92. The van der Waals surface area contributed by atoms with Gasteiger partial charge >= 0.3 is 10.2 Å². The average Bonchev–Trinajstić information content (AvgIpc) is 1.81. The molecule has 0 saturated heterocycles. The third-order valence-corrected chi connectivity index (χ3v) is 2.54.